The minimum Gasteiger partial charge on any atom is -0.185 e. The molecule has 0 N–H and O–H groups in total. The third-order valence-electron chi connectivity index (χ3n) is 3.20. The molecule has 0 saturated carbocycles. The van der Waals surface area contributed by atoms with E-state index in [1.807, 2.05) is 24.3 Å². The van der Waals surface area contributed by atoms with Gasteiger partial charge in [-0.25, -0.2) is 0 Å². The molecule has 0 aliphatic rings. The molecule has 0 unspecified atom stereocenters. The van der Waals surface area contributed by atoms with E-state index in [1.54, 1.807) is 0 Å². The quantitative estimate of drug-likeness (QED) is 0.725. The van der Waals surface area contributed by atoms with Crippen molar-refractivity contribution < 1.29 is 0 Å². The molecule has 0 spiro atoms. The molecule has 104 valence electrons. The molecule has 0 aromatic heterocycles. The van der Waals surface area contributed by atoms with E-state index in [2.05, 4.69) is 35.1 Å². The summed E-state index contributed by atoms with van der Waals surface area (Å²) in [6.45, 7) is 0. The summed E-state index contributed by atoms with van der Waals surface area (Å²) in [5.41, 5.74) is 4.89. The van der Waals surface area contributed by atoms with Crippen molar-refractivity contribution in [2.24, 2.45) is 0 Å². The van der Waals surface area contributed by atoms with Gasteiger partial charge >= 0.3 is 0 Å². The summed E-state index contributed by atoms with van der Waals surface area (Å²) in [5.74, 6) is 1.42. The fraction of sp³-hybridized carbons (Fsp3) is 0.176. The van der Waals surface area contributed by atoms with Crippen LogP contribution in [0.2, 0.25) is 0 Å². The summed E-state index contributed by atoms with van der Waals surface area (Å²) in [6.07, 6.45) is 0.838. The lowest BCUT2D eigenvalue weighted by Crippen LogP contribution is -1.97. The molecule has 2 rings (SSSR count). The van der Waals surface area contributed by atoms with Crippen LogP contribution in [0.15, 0.2) is 48.5 Å². The number of benzene rings is 2. The molecular formula is C17H14N2S2. The standard InChI is InChI=1S/C17H14N2S2/c18-12-20-10-16-7-3-1-5-14(16)9-15-6-2-4-8-17(15)11-21-13-19/h1-8H,9-11H2. The minimum atomic E-state index is 0.710. The number of hydrogen-bond acceptors (Lipinski definition) is 4. The van der Waals surface area contributed by atoms with Crippen LogP contribution in [0.1, 0.15) is 22.3 Å². The van der Waals surface area contributed by atoms with Gasteiger partial charge in [0.2, 0.25) is 0 Å². The van der Waals surface area contributed by atoms with Crippen LogP contribution < -0.4 is 0 Å². The summed E-state index contributed by atoms with van der Waals surface area (Å²) in [4.78, 5) is 0. The summed E-state index contributed by atoms with van der Waals surface area (Å²) in [5, 5.41) is 21.7. The number of nitrogens with zero attached hydrogens (tertiary/aromatic N) is 2. The maximum atomic E-state index is 8.73. The fourth-order valence-electron chi connectivity index (χ4n) is 2.17. The molecule has 0 saturated heterocycles. The average Bonchev–Trinajstić information content (AvgIpc) is 2.53. The van der Waals surface area contributed by atoms with Gasteiger partial charge < -0.3 is 0 Å². The van der Waals surface area contributed by atoms with Crippen LogP contribution in [0.3, 0.4) is 0 Å². The number of thioether (sulfide) groups is 2. The normalized spacial score (nSPS) is 9.81. The first-order chi connectivity index (χ1) is 10.3. The van der Waals surface area contributed by atoms with Crippen LogP contribution in [0.25, 0.3) is 0 Å². The highest BCUT2D eigenvalue weighted by molar-refractivity contribution is 8.03. The van der Waals surface area contributed by atoms with Crippen molar-refractivity contribution in [3.63, 3.8) is 0 Å². The molecule has 0 amide bonds. The van der Waals surface area contributed by atoms with Crippen LogP contribution in [-0.4, -0.2) is 0 Å². The predicted octanol–water partition coefficient (Wildman–Crippen LogP) is 4.71. The first-order valence-corrected chi connectivity index (χ1v) is 8.47. The molecule has 2 aromatic rings. The van der Waals surface area contributed by atoms with Gasteiger partial charge in [-0.2, -0.15) is 10.5 Å². The zero-order chi connectivity index (χ0) is 14.9. The van der Waals surface area contributed by atoms with E-state index in [9.17, 15) is 0 Å². The molecule has 0 bridgehead atoms. The van der Waals surface area contributed by atoms with Gasteiger partial charge in [-0.1, -0.05) is 48.5 Å². The topological polar surface area (TPSA) is 47.6 Å². The van der Waals surface area contributed by atoms with Gasteiger partial charge in [-0.3, -0.25) is 0 Å². The Morgan fingerprint density at radius 3 is 1.43 bits per heavy atom. The van der Waals surface area contributed by atoms with Gasteiger partial charge in [0.25, 0.3) is 0 Å². The van der Waals surface area contributed by atoms with E-state index >= 15 is 0 Å². The molecule has 0 radical (unpaired) electrons. The second-order valence-electron chi connectivity index (χ2n) is 4.47. The Bertz CT molecular complexity index is 624. The zero-order valence-corrected chi connectivity index (χ0v) is 13.1. The van der Waals surface area contributed by atoms with E-state index in [-0.39, 0.29) is 0 Å². The number of rotatable bonds is 6. The van der Waals surface area contributed by atoms with Crippen LogP contribution in [-0.2, 0) is 17.9 Å². The van der Waals surface area contributed by atoms with Crippen LogP contribution in [0, 0.1) is 21.3 Å². The number of thiocyanates is 2. The van der Waals surface area contributed by atoms with Gasteiger partial charge in [-0.05, 0) is 52.2 Å². The fourth-order valence-corrected chi connectivity index (χ4v) is 3.17. The first-order valence-electron chi connectivity index (χ1n) is 6.50. The molecule has 2 aromatic carbocycles. The molecule has 21 heavy (non-hydrogen) atoms. The van der Waals surface area contributed by atoms with E-state index < -0.39 is 0 Å². The van der Waals surface area contributed by atoms with Crippen molar-refractivity contribution >= 4 is 23.5 Å². The highest BCUT2D eigenvalue weighted by Gasteiger charge is 2.07. The Morgan fingerprint density at radius 2 is 1.05 bits per heavy atom. The van der Waals surface area contributed by atoms with Gasteiger partial charge in [0.1, 0.15) is 10.8 Å². The third kappa shape index (κ3) is 4.56. The summed E-state index contributed by atoms with van der Waals surface area (Å²) >= 11 is 2.52. The van der Waals surface area contributed by atoms with Crippen molar-refractivity contribution in [3.8, 4) is 10.8 Å². The maximum Gasteiger partial charge on any atom is 0.133 e. The molecule has 0 atom stereocenters. The Balaban J connectivity index is 2.22. The highest BCUT2D eigenvalue weighted by Crippen LogP contribution is 2.23. The lowest BCUT2D eigenvalue weighted by atomic mass is 9.97. The highest BCUT2D eigenvalue weighted by atomic mass is 32.2. The second-order valence-corrected chi connectivity index (χ2v) is 5.99. The number of hydrogen-bond donors (Lipinski definition) is 0. The smallest absolute Gasteiger partial charge is 0.133 e. The Morgan fingerprint density at radius 1 is 0.667 bits per heavy atom. The molecule has 0 aliphatic carbocycles. The summed E-state index contributed by atoms with van der Waals surface area (Å²) in [7, 11) is 0. The van der Waals surface area contributed by atoms with Crippen LogP contribution >= 0.6 is 23.5 Å². The lowest BCUT2D eigenvalue weighted by molar-refractivity contribution is 1.12. The lowest BCUT2D eigenvalue weighted by Gasteiger charge is -2.11. The molecule has 0 heterocycles. The first kappa shape index (κ1) is 15.5. The van der Waals surface area contributed by atoms with E-state index in [4.69, 9.17) is 10.5 Å². The predicted molar refractivity (Wildman–Crippen MR) is 89.5 cm³/mol. The second kappa shape index (κ2) is 8.42. The Labute approximate surface area is 133 Å². The van der Waals surface area contributed by atoms with Gasteiger partial charge in [0.15, 0.2) is 0 Å². The summed E-state index contributed by atoms with van der Waals surface area (Å²) in [6, 6.07) is 16.5. The van der Waals surface area contributed by atoms with Crippen molar-refractivity contribution in [1.29, 1.82) is 10.5 Å². The Hall–Kier alpha value is -1.88. The average molecular weight is 310 g/mol. The van der Waals surface area contributed by atoms with Crippen molar-refractivity contribution in [2.45, 2.75) is 17.9 Å². The molecule has 2 nitrogen and oxygen atoms in total. The molecule has 0 fully saturated rings. The maximum absolute atomic E-state index is 8.73. The van der Waals surface area contributed by atoms with E-state index in [1.165, 1.54) is 45.8 Å². The van der Waals surface area contributed by atoms with Crippen LogP contribution in [0.4, 0.5) is 0 Å². The van der Waals surface area contributed by atoms with Crippen LogP contribution in [0.5, 0.6) is 0 Å². The van der Waals surface area contributed by atoms with E-state index in [0.717, 1.165) is 6.42 Å². The van der Waals surface area contributed by atoms with Gasteiger partial charge in [-0.15, -0.1) is 0 Å². The largest absolute Gasteiger partial charge is 0.185 e. The van der Waals surface area contributed by atoms with E-state index in [0.29, 0.717) is 11.5 Å². The number of nitriles is 2. The third-order valence-corrected chi connectivity index (χ3v) is 4.37. The molecule has 0 aliphatic heterocycles. The SMILES string of the molecule is N#CSCc1ccccc1Cc1ccccc1CSC#N. The van der Waals surface area contributed by atoms with Crippen molar-refractivity contribution in [3.05, 3.63) is 70.8 Å². The zero-order valence-electron chi connectivity index (χ0n) is 11.5. The van der Waals surface area contributed by atoms with Gasteiger partial charge in [0, 0.05) is 11.5 Å². The Kier molecular flexibility index (Phi) is 6.22. The van der Waals surface area contributed by atoms with Crippen molar-refractivity contribution in [2.75, 3.05) is 0 Å². The van der Waals surface area contributed by atoms with Crippen molar-refractivity contribution in [1.82, 2.24) is 0 Å². The summed E-state index contributed by atoms with van der Waals surface area (Å²) < 4.78 is 0. The molecular weight excluding hydrogens is 296 g/mol. The van der Waals surface area contributed by atoms with Gasteiger partial charge in [0.05, 0.1) is 0 Å². The minimum absolute atomic E-state index is 0.710. The molecule has 4 heteroatoms. The monoisotopic (exact) mass is 310 g/mol.